The van der Waals surface area contributed by atoms with Crippen LogP contribution in [-0.2, 0) is 19.1 Å². The van der Waals surface area contributed by atoms with Gasteiger partial charge in [-0.2, -0.15) is 5.10 Å². The first kappa shape index (κ1) is 13.7. The second-order valence-corrected chi connectivity index (χ2v) is 4.81. The molecule has 1 N–H and O–H groups in total. The summed E-state index contributed by atoms with van der Waals surface area (Å²) >= 11 is 0. The van der Waals surface area contributed by atoms with Gasteiger partial charge in [-0.15, -0.1) is 0 Å². The van der Waals surface area contributed by atoms with Gasteiger partial charge in [0.1, 0.15) is 5.82 Å². The Labute approximate surface area is 112 Å². The van der Waals surface area contributed by atoms with Crippen molar-refractivity contribution in [2.75, 3.05) is 0 Å². The van der Waals surface area contributed by atoms with Gasteiger partial charge in [0, 0.05) is 24.5 Å². The van der Waals surface area contributed by atoms with Crippen LogP contribution >= 0.6 is 0 Å². The minimum atomic E-state index is -1.13. The van der Waals surface area contributed by atoms with Crippen LogP contribution in [0.1, 0.15) is 31.0 Å². The fourth-order valence-electron chi connectivity index (χ4n) is 2.32. The lowest BCUT2D eigenvalue weighted by Gasteiger charge is -2.27. The normalized spacial score (nSPS) is 14.3. The molecule has 0 amide bonds. The molecule has 0 radical (unpaired) electrons. The summed E-state index contributed by atoms with van der Waals surface area (Å²) in [6.45, 7) is 1.87. The summed E-state index contributed by atoms with van der Waals surface area (Å²) in [5.41, 5.74) is 0.276. The van der Waals surface area contributed by atoms with Gasteiger partial charge in [-0.25, -0.2) is 4.39 Å². The number of hydrogen-bond donors (Lipinski definition) is 1. The molecule has 2 aromatic rings. The highest BCUT2D eigenvalue weighted by Crippen LogP contribution is 2.31. The molecule has 0 bridgehead atoms. The molecular weight excluding hydrogens is 243 g/mol. The Morgan fingerprint density at radius 2 is 2.05 bits per heavy atom. The highest BCUT2D eigenvalue weighted by molar-refractivity contribution is 5.24. The van der Waals surface area contributed by atoms with Crippen molar-refractivity contribution in [2.45, 2.75) is 31.8 Å². The zero-order chi connectivity index (χ0) is 13.9. The fourth-order valence-corrected chi connectivity index (χ4v) is 2.32. The molecule has 0 aliphatic heterocycles. The van der Waals surface area contributed by atoms with E-state index in [1.807, 2.05) is 20.0 Å². The monoisotopic (exact) mass is 262 g/mol. The second kappa shape index (κ2) is 5.53. The van der Waals surface area contributed by atoms with Gasteiger partial charge in [0.25, 0.3) is 0 Å². The van der Waals surface area contributed by atoms with Gasteiger partial charge < -0.3 is 5.11 Å². The molecule has 0 fully saturated rings. The van der Waals surface area contributed by atoms with Crippen LogP contribution in [0, 0.1) is 5.82 Å². The van der Waals surface area contributed by atoms with Gasteiger partial charge in [0.15, 0.2) is 0 Å². The summed E-state index contributed by atoms with van der Waals surface area (Å²) in [7, 11) is 1.86. The third-order valence-electron chi connectivity index (χ3n) is 3.68. The molecule has 0 spiro atoms. The number of nitrogens with zero attached hydrogens (tertiary/aromatic N) is 2. The van der Waals surface area contributed by atoms with Crippen LogP contribution < -0.4 is 0 Å². The number of hydrogen-bond acceptors (Lipinski definition) is 2. The van der Waals surface area contributed by atoms with E-state index in [-0.39, 0.29) is 5.82 Å². The van der Waals surface area contributed by atoms with Crippen molar-refractivity contribution in [3.8, 4) is 0 Å². The van der Waals surface area contributed by atoms with Crippen molar-refractivity contribution in [1.29, 1.82) is 0 Å². The lowest BCUT2D eigenvalue weighted by Crippen LogP contribution is -2.27. The van der Waals surface area contributed by atoms with Crippen molar-refractivity contribution in [3.05, 3.63) is 53.6 Å². The molecule has 0 saturated heterocycles. The Morgan fingerprint density at radius 3 is 2.63 bits per heavy atom. The van der Waals surface area contributed by atoms with Crippen molar-refractivity contribution in [2.24, 2.45) is 7.05 Å². The largest absolute Gasteiger partial charge is 0.385 e. The lowest BCUT2D eigenvalue weighted by atomic mass is 9.86. The van der Waals surface area contributed by atoms with Gasteiger partial charge in [-0.1, -0.05) is 25.1 Å². The molecule has 1 aromatic carbocycles. The van der Waals surface area contributed by atoms with Crippen molar-refractivity contribution < 1.29 is 9.50 Å². The molecule has 1 heterocycles. The molecule has 0 saturated carbocycles. The minimum Gasteiger partial charge on any atom is -0.385 e. The Morgan fingerprint density at radius 1 is 1.32 bits per heavy atom. The van der Waals surface area contributed by atoms with E-state index >= 15 is 0 Å². The van der Waals surface area contributed by atoms with Gasteiger partial charge in [-0.3, -0.25) is 4.68 Å². The first-order valence-corrected chi connectivity index (χ1v) is 6.51. The maximum atomic E-state index is 13.8. The van der Waals surface area contributed by atoms with E-state index in [9.17, 15) is 9.50 Å². The zero-order valence-electron chi connectivity index (χ0n) is 11.3. The van der Waals surface area contributed by atoms with Gasteiger partial charge in [0.05, 0.1) is 5.60 Å². The van der Waals surface area contributed by atoms with Crippen LogP contribution in [0.2, 0.25) is 0 Å². The number of aryl methyl sites for hydroxylation is 2. The number of aromatic nitrogens is 2. The topological polar surface area (TPSA) is 38.1 Å². The molecule has 102 valence electrons. The predicted octanol–water partition coefficient (Wildman–Crippen LogP) is 2.79. The molecule has 1 atom stereocenters. The number of halogens is 1. The van der Waals surface area contributed by atoms with E-state index < -0.39 is 5.60 Å². The fraction of sp³-hybridized carbons (Fsp3) is 0.400. The van der Waals surface area contributed by atoms with Crippen LogP contribution in [0.5, 0.6) is 0 Å². The van der Waals surface area contributed by atoms with Crippen LogP contribution in [0.15, 0.2) is 36.5 Å². The summed E-state index contributed by atoms with van der Waals surface area (Å²) in [5, 5.41) is 14.8. The van der Waals surface area contributed by atoms with Gasteiger partial charge in [0.2, 0.25) is 0 Å². The first-order valence-electron chi connectivity index (χ1n) is 6.51. The molecule has 3 nitrogen and oxygen atoms in total. The standard InChI is InChI=1S/C15H19FN2O/c1-3-15(19,13-6-4-5-7-14(13)16)10-8-12-9-11-17-18(12)2/h4-7,9,11,19H,3,8,10H2,1-2H3. The summed E-state index contributed by atoms with van der Waals surface area (Å²) in [4.78, 5) is 0. The number of rotatable bonds is 5. The lowest BCUT2D eigenvalue weighted by molar-refractivity contribution is 0.0197. The SMILES string of the molecule is CCC(O)(CCc1ccnn1C)c1ccccc1F. The van der Waals surface area contributed by atoms with Crippen LogP contribution in [-0.4, -0.2) is 14.9 Å². The molecule has 1 unspecified atom stereocenters. The smallest absolute Gasteiger partial charge is 0.129 e. The van der Waals surface area contributed by atoms with Gasteiger partial charge >= 0.3 is 0 Å². The average molecular weight is 262 g/mol. The highest BCUT2D eigenvalue weighted by Gasteiger charge is 2.29. The van der Waals surface area contributed by atoms with Crippen LogP contribution in [0.3, 0.4) is 0 Å². The van der Waals surface area contributed by atoms with E-state index in [1.165, 1.54) is 6.07 Å². The van der Waals surface area contributed by atoms with Crippen molar-refractivity contribution >= 4 is 0 Å². The van der Waals surface area contributed by atoms with E-state index in [1.54, 1.807) is 29.1 Å². The van der Waals surface area contributed by atoms with Gasteiger partial charge in [-0.05, 0) is 31.4 Å². The molecule has 0 aliphatic rings. The third-order valence-corrected chi connectivity index (χ3v) is 3.68. The molecule has 2 rings (SSSR count). The Bertz CT molecular complexity index is 553. The predicted molar refractivity (Wildman–Crippen MR) is 72.1 cm³/mol. The maximum Gasteiger partial charge on any atom is 0.129 e. The van der Waals surface area contributed by atoms with E-state index in [4.69, 9.17) is 0 Å². The summed E-state index contributed by atoms with van der Waals surface area (Å²) < 4.78 is 15.6. The molecular formula is C15H19FN2O. The first-order chi connectivity index (χ1) is 9.07. The molecule has 4 heteroatoms. The van der Waals surface area contributed by atoms with E-state index in [0.717, 1.165) is 5.69 Å². The van der Waals surface area contributed by atoms with Crippen LogP contribution in [0.25, 0.3) is 0 Å². The molecule has 1 aromatic heterocycles. The summed E-state index contributed by atoms with van der Waals surface area (Å²) in [6, 6.07) is 8.35. The minimum absolute atomic E-state index is 0.350. The quantitative estimate of drug-likeness (QED) is 0.899. The Hall–Kier alpha value is -1.68. The second-order valence-electron chi connectivity index (χ2n) is 4.81. The summed E-state index contributed by atoms with van der Waals surface area (Å²) in [6.07, 6.45) is 3.34. The zero-order valence-corrected chi connectivity index (χ0v) is 11.3. The Kier molecular flexibility index (Phi) is 4.00. The molecule has 19 heavy (non-hydrogen) atoms. The van der Waals surface area contributed by atoms with Crippen LogP contribution in [0.4, 0.5) is 4.39 Å². The van der Waals surface area contributed by atoms with Crippen molar-refractivity contribution in [3.63, 3.8) is 0 Å². The maximum absolute atomic E-state index is 13.8. The highest BCUT2D eigenvalue weighted by atomic mass is 19.1. The molecule has 0 aliphatic carbocycles. The Balaban J connectivity index is 2.19. The number of aliphatic hydroxyl groups is 1. The number of benzene rings is 1. The summed E-state index contributed by atoms with van der Waals surface area (Å²) in [5.74, 6) is -0.350. The van der Waals surface area contributed by atoms with E-state index in [0.29, 0.717) is 24.8 Å². The van der Waals surface area contributed by atoms with E-state index in [2.05, 4.69) is 5.10 Å². The van der Waals surface area contributed by atoms with Crippen molar-refractivity contribution in [1.82, 2.24) is 9.78 Å². The third kappa shape index (κ3) is 2.84. The average Bonchev–Trinajstić information content (AvgIpc) is 2.82.